The van der Waals surface area contributed by atoms with Gasteiger partial charge in [-0.15, -0.1) is 0 Å². The second kappa shape index (κ2) is 3.57. The van der Waals surface area contributed by atoms with E-state index in [4.69, 9.17) is 0 Å². The van der Waals surface area contributed by atoms with Gasteiger partial charge in [0, 0.05) is 19.2 Å². The maximum Gasteiger partial charge on any atom is 0.293 e. The molecule has 1 aromatic heterocycles. The maximum atomic E-state index is 11.4. The van der Waals surface area contributed by atoms with E-state index in [9.17, 15) is 9.59 Å². The SMILES string of the molecule is O=C1CCCN1c1ccccnc1=O. The van der Waals surface area contributed by atoms with E-state index in [2.05, 4.69) is 4.98 Å². The zero-order valence-electron chi connectivity index (χ0n) is 7.64. The molecule has 0 unspecified atom stereocenters. The van der Waals surface area contributed by atoms with E-state index in [1.165, 1.54) is 11.1 Å². The van der Waals surface area contributed by atoms with Crippen molar-refractivity contribution in [3.05, 3.63) is 34.7 Å². The molecule has 14 heavy (non-hydrogen) atoms. The summed E-state index contributed by atoms with van der Waals surface area (Å²) < 4.78 is 0. The largest absolute Gasteiger partial charge is 0.307 e. The molecular weight excluding hydrogens is 180 g/mol. The van der Waals surface area contributed by atoms with Gasteiger partial charge in [-0.25, -0.2) is 4.98 Å². The summed E-state index contributed by atoms with van der Waals surface area (Å²) in [4.78, 5) is 28.0. The average Bonchev–Trinajstić information content (AvgIpc) is 2.46. The Morgan fingerprint density at radius 1 is 1.29 bits per heavy atom. The molecular formula is C10H10N2O2. The van der Waals surface area contributed by atoms with Crippen LogP contribution in [0.5, 0.6) is 0 Å². The zero-order chi connectivity index (χ0) is 9.97. The quantitative estimate of drug-likeness (QED) is 0.650. The molecule has 72 valence electrons. The van der Waals surface area contributed by atoms with E-state index in [0.717, 1.165) is 6.42 Å². The van der Waals surface area contributed by atoms with Crippen LogP contribution in [0.25, 0.3) is 0 Å². The Kier molecular flexibility index (Phi) is 2.26. The fourth-order valence-corrected chi connectivity index (χ4v) is 1.55. The molecule has 0 radical (unpaired) electrons. The van der Waals surface area contributed by atoms with Gasteiger partial charge in [-0.05, 0) is 18.6 Å². The molecule has 0 aliphatic carbocycles. The normalized spacial score (nSPS) is 16.0. The number of carbonyl (C=O) groups excluding carboxylic acids is 1. The number of anilines is 1. The molecule has 0 bridgehead atoms. The highest BCUT2D eigenvalue weighted by Gasteiger charge is 2.23. The van der Waals surface area contributed by atoms with Gasteiger partial charge < -0.3 is 4.90 Å². The molecule has 4 nitrogen and oxygen atoms in total. The van der Waals surface area contributed by atoms with Crippen molar-refractivity contribution in [2.24, 2.45) is 0 Å². The van der Waals surface area contributed by atoms with Crippen molar-refractivity contribution >= 4 is 11.6 Å². The van der Waals surface area contributed by atoms with Gasteiger partial charge in [0.1, 0.15) is 5.69 Å². The van der Waals surface area contributed by atoms with Crippen LogP contribution in [0.3, 0.4) is 0 Å². The molecule has 1 fully saturated rings. The first kappa shape index (κ1) is 8.87. The van der Waals surface area contributed by atoms with Crippen LogP contribution in [0.15, 0.2) is 29.2 Å². The first-order valence-electron chi connectivity index (χ1n) is 4.55. The van der Waals surface area contributed by atoms with Gasteiger partial charge in [0.05, 0.1) is 0 Å². The van der Waals surface area contributed by atoms with Crippen LogP contribution in [-0.4, -0.2) is 17.4 Å². The van der Waals surface area contributed by atoms with Crippen molar-refractivity contribution in [1.82, 2.24) is 4.98 Å². The molecule has 0 saturated carbocycles. The first-order chi connectivity index (χ1) is 6.79. The average molecular weight is 190 g/mol. The Labute approximate surface area is 81.2 Å². The summed E-state index contributed by atoms with van der Waals surface area (Å²) in [6, 6.07) is 5.03. The van der Waals surface area contributed by atoms with Crippen LogP contribution in [0.4, 0.5) is 5.69 Å². The Morgan fingerprint density at radius 2 is 2.14 bits per heavy atom. The molecule has 2 rings (SSSR count). The van der Waals surface area contributed by atoms with E-state index in [1.807, 2.05) is 0 Å². The van der Waals surface area contributed by atoms with Crippen molar-refractivity contribution in [1.29, 1.82) is 0 Å². The molecule has 2 heterocycles. The van der Waals surface area contributed by atoms with Gasteiger partial charge in [-0.1, -0.05) is 6.07 Å². The van der Waals surface area contributed by atoms with Gasteiger partial charge in [0.25, 0.3) is 5.56 Å². The summed E-state index contributed by atoms with van der Waals surface area (Å²) in [5.74, 6) is 0.00935. The standard InChI is InChI=1S/C10H10N2O2/c13-9-5-3-7-12(9)8-4-1-2-6-11-10(8)14/h1-2,4,6H,3,5,7H2. The Balaban J connectivity index is 2.47. The summed E-state index contributed by atoms with van der Waals surface area (Å²) in [6.45, 7) is 0.625. The third-order valence-corrected chi connectivity index (χ3v) is 2.23. The molecule has 4 heteroatoms. The number of hydrogen-bond acceptors (Lipinski definition) is 3. The molecule has 1 aromatic rings. The predicted octanol–water partition coefficient (Wildman–Crippen LogP) is 0.569. The van der Waals surface area contributed by atoms with E-state index >= 15 is 0 Å². The lowest BCUT2D eigenvalue weighted by atomic mass is 10.4. The lowest BCUT2D eigenvalue weighted by Gasteiger charge is -2.11. The van der Waals surface area contributed by atoms with Crippen LogP contribution in [0, 0.1) is 0 Å². The van der Waals surface area contributed by atoms with Crippen molar-refractivity contribution in [2.75, 3.05) is 11.4 Å². The minimum Gasteiger partial charge on any atom is -0.307 e. The Bertz CT molecular complexity index is 417. The van der Waals surface area contributed by atoms with Crippen LogP contribution < -0.4 is 10.5 Å². The van der Waals surface area contributed by atoms with E-state index in [1.54, 1.807) is 18.2 Å². The van der Waals surface area contributed by atoms with Gasteiger partial charge in [0.2, 0.25) is 5.91 Å². The molecule has 0 atom stereocenters. The number of carbonyl (C=O) groups is 1. The maximum absolute atomic E-state index is 11.4. The van der Waals surface area contributed by atoms with Crippen LogP contribution in [0.1, 0.15) is 12.8 Å². The highest BCUT2D eigenvalue weighted by molar-refractivity contribution is 5.94. The molecule has 0 N–H and O–H groups in total. The summed E-state index contributed by atoms with van der Waals surface area (Å²) in [6.07, 6.45) is 2.78. The molecule has 1 amide bonds. The number of amides is 1. The van der Waals surface area contributed by atoms with Gasteiger partial charge in [-0.3, -0.25) is 9.59 Å². The lowest BCUT2D eigenvalue weighted by Crippen LogP contribution is -2.28. The third-order valence-electron chi connectivity index (χ3n) is 2.23. The molecule has 1 aliphatic rings. The van der Waals surface area contributed by atoms with Crippen molar-refractivity contribution in [3.63, 3.8) is 0 Å². The Hall–Kier alpha value is -1.71. The second-order valence-electron chi connectivity index (χ2n) is 3.17. The van der Waals surface area contributed by atoms with Crippen LogP contribution in [0.2, 0.25) is 0 Å². The fraction of sp³-hybridized carbons (Fsp3) is 0.300. The summed E-state index contributed by atoms with van der Waals surface area (Å²) in [5, 5.41) is 0. The molecule has 1 aliphatic heterocycles. The van der Waals surface area contributed by atoms with Crippen molar-refractivity contribution in [3.8, 4) is 0 Å². The predicted molar refractivity (Wildman–Crippen MR) is 52.1 cm³/mol. The number of aromatic nitrogens is 1. The minimum absolute atomic E-state index is 0.00935. The van der Waals surface area contributed by atoms with Crippen LogP contribution in [-0.2, 0) is 4.79 Å². The lowest BCUT2D eigenvalue weighted by molar-refractivity contribution is -0.117. The summed E-state index contributed by atoms with van der Waals surface area (Å²) >= 11 is 0. The van der Waals surface area contributed by atoms with E-state index < -0.39 is 0 Å². The van der Waals surface area contributed by atoms with Gasteiger partial charge in [0.15, 0.2) is 0 Å². The Morgan fingerprint density at radius 3 is 2.86 bits per heavy atom. The van der Waals surface area contributed by atoms with E-state index in [-0.39, 0.29) is 11.5 Å². The molecule has 0 spiro atoms. The molecule has 0 aromatic carbocycles. The van der Waals surface area contributed by atoms with Gasteiger partial charge >= 0.3 is 0 Å². The summed E-state index contributed by atoms with van der Waals surface area (Å²) in [5.41, 5.74) is 0.0442. The third kappa shape index (κ3) is 1.51. The van der Waals surface area contributed by atoms with E-state index in [0.29, 0.717) is 18.7 Å². The summed E-state index contributed by atoms with van der Waals surface area (Å²) in [7, 11) is 0. The zero-order valence-corrected chi connectivity index (χ0v) is 7.64. The monoisotopic (exact) mass is 190 g/mol. The topological polar surface area (TPSA) is 50.3 Å². The number of nitrogens with zero attached hydrogens (tertiary/aromatic N) is 2. The van der Waals surface area contributed by atoms with Crippen LogP contribution >= 0.6 is 0 Å². The van der Waals surface area contributed by atoms with Crippen molar-refractivity contribution < 1.29 is 4.79 Å². The highest BCUT2D eigenvalue weighted by Crippen LogP contribution is 2.15. The smallest absolute Gasteiger partial charge is 0.293 e. The number of hydrogen-bond donors (Lipinski definition) is 0. The number of rotatable bonds is 1. The molecule has 1 saturated heterocycles. The van der Waals surface area contributed by atoms with Crippen molar-refractivity contribution in [2.45, 2.75) is 12.8 Å². The highest BCUT2D eigenvalue weighted by atomic mass is 16.2. The first-order valence-corrected chi connectivity index (χ1v) is 4.55. The second-order valence-corrected chi connectivity index (χ2v) is 3.17. The van der Waals surface area contributed by atoms with Gasteiger partial charge in [-0.2, -0.15) is 0 Å². The fourth-order valence-electron chi connectivity index (χ4n) is 1.55. The minimum atomic E-state index is -0.342.